The average molecular weight is 374 g/mol. The molecule has 2 aliphatic heterocycles. The number of ether oxygens (including phenoxy) is 2. The number of benzene rings is 2. The molecule has 1 atom stereocenters. The number of carbonyl (C=O) groups excluding carboxylic acids is 2. The van der Waals surface area contributed by atoms with Crippen molar-refractivity contribution < 1.29 is 27.8 Å². The van der Waals surface area contributed by atoms with Crippen LogP contribution in [0.3, 0.4) is 0 Å². The van der Waals surface area contributed by atoms with E-state index in [4.69, 9.17) is 9.47 Å². The summed E-state index contributed by atoms with van der Waals surface area (Å²) >= 11 is 0. The summed E-state index contributed by atoms with van der Waals surface area (Å²) in [6, 6.07) is 8.29. The number of rotatable bonds is 3. The molecular formula is C19H16F2N2O4. The van der Waals surface area contributed by atoms with Crippen LogP contribution in [-0.4, -0.2) is 31.6 Å². The molecule has 0 saturated carbocycles. The van der Waals surface area contributed by atoms with Gasteiger partial charge in [0.1, 0.15) is 13.2 Å². The molecule has 0 unspecified atom stereocenters. The molecule has 140 valence electrons. The second-order valence-electron chi connectivity index (χ2n) is 6.35. The van der Waals surface area contributed by atoms with E-state index in [1.165, 1.54) is 11.0 Å². The number of anilines is 2. The third kappa shape index (κ3) is 3.42. The van der Waals surface area contributed by atoms with E-state index >= 15 is 0 Å². The Morgan fingerprint density at radius 3 is 2.59 bits per heavy atom. The summed E-state index contributed by atoms with van der Waals surface area (Å²) in [6.45, 7) is 1.10. The van der Waals surface area contributed by atoms with Crippen molar-refractivity contribution in [1.82, 2.24) is 0 Å². The first-order chi connectivity index (χ1) is 13.0. The summed E-state index contributed by atoms with van der Waals surface area (Å²) < 4.78 is 37.3. The zero-order valence-corrected chi connectivity index (χ0v) is 14.2. The number of nitrogens with one attached hydrogen (secondary N) is 1. The number of hydrogen-bond donors (Lipinski definition) is 1. The van der Waals surface area contributed by atoms with Gasteiger partial charge in [0.2, 0.25) is 11.8 Å². The van der Waals surface area contributed by atoms with Gasteiger partial charge in [-0.25, -0.2) is 8.78 Å². The van der Waals surface area contributed by atoms with Crippen molar-refractivity contribution in [1.29, 1.82) is 0 Å². The highest BCUT2D eigenvalue weighted by atomic mass is 19.2. The first-order valence-electron chi connectivity index (χ1n) is 8.47. The average Bonchev–Trinajstić information content (AvgIpc) is 3.06. The zero-order chi connectivity index (χ0) is 19.0. The first kappa shape index (κ1) is 17.3. The van der Waals surface area contributed by atoms with Gasteiger partial charge in [0.15, 0.2) is 23.1 Å². The van der Waals surface area contributed by atoms with Gasteiger partial charge < -0.3 is 19.7 Å². The molecule has 8 heteroatoms. The second-order valence-corrected chi connectivity index (χ2v) is 6.35. The summed E-state index contributed by atoms with van der Waals surface area (Å²) in [7, 11) is 0. The monoisotopic (exact) mass is 374 g/mol. The van der Waals surface area contributed by atoms with Gasteiger partial charge in [0.25, 0.3) is 0 Å². The van der Waals surface area contributed by atoms with Gasteiger partial charge in [0, 0.05) is 36.5 Å². The molecule has 2 amide bonds. The highest BCUT2D eigenvalue weighted by molar-refractivity contribution is 6.03. The maximum atomic E-state index is 13.3. The molecule has 0 aliphatic carbocycles. The van der Waals surface area contributed by atoms with Crippen molar-refractivity contribution >= 4 is 23.2 Å². The van der Waals surface area contributed by atoms with Crippen LogP contribution in [0.2, 0.25) is 0 Å². The summed E-state index contributed by atoms with van der Waals surface area (Å²) in [5, 5.41) is 2.53. The lowest BCUT2D eigenvalue weighted by molar-refractivity contribution is -0.122. The SMILES string of the molecule is O=C(Nc1ccc(F)c(F)c1)[C@@H]1CC(=O)N(c2ccc3c(c2)OCCO3)C1. The van der Waals surface area contributed by atoms with Gasteiger partial charge in [0.05, 0.1) is 5.92 Å². The molecule has 27 heavy (non-hydrogen) atoms. The van der Waals surface area contributed by atoms with Crippen LogP contribution < -0.4 is 19.7 Å². The predicted molar refractivity (Wildman–Crippen MR) is 92.9 cm³/mol. The number of hydrogen-bond acceptors (Lipinski definition) is 4. The standard InChI is InChI=1S/C19H16F2N2O4/c20-14-3-1-12(8-15(14)21)22-19(25)11-7-18(24)23(10-11)13-2-4-16-17(9-13)27-6-5-26-16/h1-4,8-9,11H,5-7,10H2,(H,22,25)/t11-/m1/s1. The third-order valence-electron chi connectivity index (χ3n) is 4.52. The highest BCUT2D eigenvalue weighted by Gasteiger charge is 2.35. The number of amides is 2. The minimum absolute atomic E-state index is 0.0317. The van der Waals surface area contributed by atoms with Crippen molar-refractivity contribution in [2.75, 3.05) is 30.0 Å². The van der Waals surface area contributed by atoms with E-state index < -0.39 is 23.5 Å². The van der Waals surface area contributed by atoms with E-state index in [9.17, 15) is 18.4 Å². The molecular weight excluding hydrogens is 358 g/mol. The Bertz CT molecular complexity index is 919. The second kappa shape index (κ2) is 6.86. The Kier molecular flexibility index (Phi) is 4.39. The van der Waals surface area contributed by atoms with Crippen LogP contribution in [-0.2, 0) is 9.59 Å². The van der Waals surface area contributed by atoms with Crippen molar-refractivity contribution in [2.45, 2.75) is 6.42 Å². The predicted octanol–water partition coefficient (Wildman–Crippen LogP) is 2.73. The summed E-state index contributed by atoms with van der Waals surface area (Å²) in [5.41, 5.74) is 0.761. The van der Waals surface area contributed by atoms with Crippen LogP contribution in [0.5, 0.6) is 11.5 Å². The van der Waals surface area contributed by atoms with Gasteiger partial charge in [-0.15, -0.1) is 0 Å². The lowest BCUT2D eigenvalue weighted by Crippen LogP contribution is -2.28. The molecule has 0 bridgehead atoms. The minimum atomic E-state index is -1.05. The molecule has 2 heterocycles. The first-order valence-corrected chi connectivity index (χ1v) is 8.47. The maximum absolute atomic E-state index is 13.3. The molecule has 6 nitrogen and oxygen atoms in total. The maximum Gasteiger partial charge on any atom is 0.229 e. The lowest BCUT2D eigenvalue weighted by atomic mass is 10.1. The normalized spacial score (nSPS) is 18.5. The zero-order valence-electron chi connectivity index (χ0n) is 14.2. The third-order valence-corrected chi connectivity index (χ3v) is 4.52. The van der Waals surface area contributed by atoms with Crippen LogP contribution in [0.25, 0.3) is 0 Å². The number of fused-ring (bicyclic) bond motifs is 1. The van der Waals surface area contributed by atoms with E-state index in [2.05, 4.69) is 5.32 Å². The van der Waals surface area contributed by atoms with Crippen LogP contribution in [0.15, 0.2) is 36.4 Å². The molecule has 2 aliphatic rings. The molecule has 1 N–H and O–H groups in total. The van der Waals surface area contributed by atoms with E-state index in [0.717, 1.165) is 12.1 Å². The molecule has 0 radical (unpaired) electrons. The number of halogens is 2. The van der Waals surface area contributed by atoms with Gasteiger partial charge in [-0.3, -0.25) is 9.59 Å². The van der Waals surface area contributed by atoms with Crippen molar-refractivity contribution in [2.24, 2.45) is 5.92 Å². The summed E-state index contributed by atoms with van der Waals surface area (Å²) in [4.78, 5) is 26.3. The van der Waals surface area contributed by atoms with E-state index in [0.29, 0.717) is 30.4 Å². The van der Waals surface area contributed by atoms with Gasteiger partial charge in [-0.05, 0) is 24.3 Å². The molecule has 1 fully saturated rings. The van der Waals surface area contributed by atoms with E-state index in [1.54, 1.807) is 18.2 Å². The fourth-order valence-electron chi connectivity index (χ4n) is 3.15. The number of nitrogens with zero attached hydrogens (tertiary/aromatic N) is 1. The summed E-state index contributed by atoms with van der Waals surface area (Å²) in [5.74, 6) is -2.09. The fraction of sp³-hybridized carbons (Fsp3) is 0.263. The Morgan fingerprint density at radius 1 is 1.04 bits per heavy atom. The Labute approximate surface area is 153 Å². The Morgan fingerprint density at radius 2 is 1.81 bits per heavy atom. The molecule has 0 spiro atoms. The van der Waals surface area contributed by atoms with Crippen LogP contribution >= 0.6 is 0 Å². The molecule has 2 aromatic rings. The fourth-order valence-corrected chi connectivity index (χ4v) is 3.15. The van der Waals surface area contributed by atoms with Gasteiger partial charge in [-0.1, -0.05) is 0 Å². The highest BCUT2D eigenvalue weighted by Crippen LogP contribution is 2.36. The smallest absolute Gasteiger partial charge is 0.229 e. The largest absolute Gasteiger partial charge is 0.486 e. The van der Waals surface area contributed by atoms with Crippen LogP contribution in [0.1, 0.15) is 6.42 Å². The van der Waals surface area contributed by atoms with Crippen molar-refractivity contribution in [3.05, 3.63) is 48.0 Å². The topological polar surface area (TPSA) is 67.9 Å². The quantitative estimate of drug-likeness (QED) is 0.897. The van der Waals surface area contributed by atoms with Crippen molar-refractivity contribution in [3.8, 4) is 11.5 Å². The van der Waals surface area contributed by atoms with Gasteiger partial charge >= 0.3 is 0 Å². The Hall–Kier alpha value is -3.16. The van der Waals surface area contributed by atoms with Gasteiger partial charge in [-0.2, -0.15) is 0 Å². The van der Waals surface area contributed by atoms with E-state index in [-0.39, 0.29) is 24.6 Å². The lowest BCUT2D eigenvalue weighted by Gasteiger charge is -2.22. The molecule has 4 rings (SSSR count). The molecule has 2 aromatic carbocycles. The molecule has 0 aromatic heterocycles. The van der Waals surface area contributed by atoms with Crippen LogP contribution in [0.4, 0.5) is 20.2 Å². The Balaban J connectivity index is 1.47. The molecule has 1 saturated heterocycles. The minimum Gasteiger partial charge on any atom is -0.486 e. The van der Waals surface area contributed by atoms with Crippen LogP contribution in [0, 0.1) is 17.6 Å². The van der Waals surface area contributed by atoms with E-state index in [1.807, 2.05) is 0 Å². The van der Waals surface area contributed by atoms with Crippen molar-refractivity contribution in [3.63, 3.8) is 0 Å². The summed E-state index contributed by atoms with van der Waals surface area (Å²) in [6.07, 6.45) is 0.0317. The number of carbonyl (C=O) groups is 2.